The molecular weight excluding hydrogens is 654 g/mol. The zero-order valence-corrected chi connectivity index (χ0v) is 26.8. The van der Waals surface area contributed by atoms with Crippen molar-refractivity contribution in [2.24, 2.45) is 22.2 Å². The van der Waals surface area contributed by atoms with E-state index in [2.05, 4.69) is 10.3 Å². The number of nitrogens with two attached hydrogens (primary N) is 3. The molecule has 0 radical (unpaired) electrons. The van der Waals surface area contributed by atoms with Crippen LogP contribution in [0.4, 0.5) is 16.2 Å². The van der Waals surface area contributed by atoms with Crippen molar-refractivity contribution in [3.63, 3.8) is 0 Å². The molecule has 4 amide bonds. The van der Waals surface area contributed by atoms with Crippen LogP contribution in [0.5, 0.6) is 0 Å². The maximum Gasteiger partial charge on any atom is 0.362 e. The minimum atomic E-state index is -3.17. The Hall–Kier alpha value is -6.62. The zero-order valence-electron chi connectivity index (χ0n) is 26.8. The van der Waals surface area contributed by atoms with Crippen LogP contribution in [0.15, 0.2) is 83.9 Å². The number of carbonyl (C=O) groups is 7. The molecule has 0 aromatic heterocycles. The van der Waals surface area contributed by atoms with E-state index in [0.29, 0.717) is 10.5 Å². The first kappa shape index (κ1) is 36.2. The number of urea groups is 1. The maximum atomic E-state index is 14.3. The van der Waals surface area contributed by atoms with Gasteiger partial charge in [-0.25, -0.2) is 24.3 Å². The van der Waals surface area contributed by atoms with E-state index in [1.54, 1.807) is 30.3 Å². The van der Waals surface area contributed by atoms with Crippen LogP contribution in [-0.4, -0.2) is 76.3 Å². The number of carbonyl (C=O) groups excluding carboxylic acids is 6. The number of nitrogens with one attached hydrogen (secondary N) is 1. The number of ether oxygens (including phenoxy) is 2. The number of aliphatic carboxylic acids is 1. The number of hydrogen-bond acceptors (Lipinski definition) is 11. The number of para-hydroxylation sites is 1. The van der Waals surface area contributed by atoms with Crippen molar-refractivity contribution in [1.82, 2.24) is 10.2 Å². The lowest BCUT2D eigenvalue weighted by Gasteiger charge is -2.44. The highest BCUT2D eigenvalue weighted by molar-refractivity contribution is 6.24. The van der Waals surface area contributed by atoms with Gasteiger partial charge in [0.15, 0.2) is 11.7 Å². The van der Waals surface area contributed by atoms with E-state index in [4.69, 9.17) is 26.7 Å². The van der Waals surface area contributed by atoms with Crippen LogP contribution in [0.1, 0.15) is 40.9 Å². The number of imide groups is 1. The third kappa shape index (κ3) is 7.12. The monoisotopic (exact) mass is 687 g/mol. The van der Waals surface area contributed by atoms with Crippen LogP contribution in [0, 0.1) is 0 Å². The molecule has 1 heterocycles. The summed E-state index contributed by atoms with van der Waals surface area (Å²) in [6.07, 6.45) is -0.942. The second-order valence-corrected chi connectivity index (χ2v) is 10.9. The number of ketones is 1. The number of carboxylic acids is 1. The summed E-state index contributed by atoms with van der Waals surface area (Å²) in [6, 6.07) is 14.6. The summed E-state index contributed by atoms with van der Waals surface area (Å²) >= 11 is 0. The topological polar surface area (TPSA) is 267 Å². The molecule has 1 fully saturated rings. The van der Waals surface area contributed by atoms with E-state index in [1.807, 2.05) is 0 Å². The van der Waals surface area contributed by atoms with Gasteiger partial charge in [-0.2, -0.15) is 0 Å². The third-order valence-electron chi connectivity index (χ3n) is 7.53. The molecule has 260 valence electrons. The number of amides is 4. The largest absolute Gasteiger partial charge is 0.481 e. The van der Waals surface area contributed by atoms with Gasteiger partial charge in [-0.05, 0) is 36.8 Å². The molecule has 17 nitrogen and oxygen atoms in total. The molecule has 0 bridgehead atoms. The molecule has 1 aliphatic heterocycles. The Morgan fingerprint density at radius 1 is 1.00 bits per heavy atom. The number of hydrogen-bond donors (Lipinski definition) is 5. The highest BCUT2D eigenvalue weighted by Crippen LogP contribution is 2.38. The second-order valence-electron chi connectivity index (χ2n) is 10.9. The molecule has 0 aliphatic carbocycles. The first-order valence-corrected chi connectivity index (χ1v) is 14.8. The fourth-order valence-electron chi connectivity index (χ4n) is 5.33. The van der Waals surface area contributed by atoms with E-state index in [0.717, 1.165) is 14.0 Å². The first-order valence-electron chi connectivity index (χ1n) is 14.8. The fourth-order valence-corrected chi connectivity index (χ4v) is 5.33. The van der Waals surface area contributed by atoms with E-state index in [1.165, 1.54) is 48.5 Å². The van der Waals surface area contributed by atoms with Crippen molar-refractivity contribution in [3.05, 3.63) is 95.6 Å². The van der Waals surface area contributed by atoms with Crippen molar-refractivity contribution < 1.29 is 48.1 Å². The lowest BCUT2D eigenvalue weighted by Crippen LogP contribution is -2.74. The Morgan fingerprint density at radius 3 is 2.18 bits per heavy atom. The Labute approximate surface area is 284 Å². The summed E-state index contributed by atoms with van der Waals surface area (Å²) in [4.78, 5) is 98.6. The number of rotatable bonds is 13. The van der Waals surface area contributed by atoms with Crippen molar-refractivity contribution in [2.75, 3.05) is 12.0 Å². The molecule has 1 unspecified atom stereocenters. The summed E-state index contributed by atoms with van der Waals surface area (Å²) < 4.78 is 10.3. The van der Waals surface area contributed by atoms with Crippen molar-refractivity contribution in [1.29, 1.82) is 0 Å². The number of esters is 2. The molecular formula is C33H33N7O10. The van der Waals surface area contributed by atoms with Crippen LogP contribution in [-0.2, 0) is 40.1 Å². The number of aliphatic imine (C=N–C) groups is 1. The molecule has 4 rings (SSSR count). The van der Waals surface area contributed by atoms with Gasteiger partial charge >= 0.3 is 23.9 Å². The van der Waals surface area contributed by atoms with Crippen LogP contribution < -0.4 is 27.4 Å². The second kappa shape index (κ2) is 15.1. The van der Waals surface area contributed by atoms with Gasteiger partial charge in [-0.3, -0.25) is 24.1 Å². The summed E-state index contributed by atoms with van der Waals surface area (Å²) in [5.74, 6) is -8.09. The molecule has 1 aliphatic rings. The predicted molar refractivity (Wildman–Crippen MR) is 175 cm³/mol. The molecule has 0 spiro atoms. The van der Waals surface area contributed by atoms with Crippen molar-refractivity contribution in [3.8, 4) is 0 Å². The number of benzene rings is 3. The van der Waals surface area contributed by atoms with Crippen LogP contribution in [0.2, 0.25) is 0 Å². The minimum absolute atomic E-state index is 0.0285. The highest BCUT2D eigenvalue weighted by Gasteiger charge is 2.65. The summed E-state index contributed by atoms with van der Waals surface area (Å²) in [5.41, 5.74) is 14.3. The standard InChI is InChI=1S/C33H33N7O10/c1-18(41)33(30(47)49-2,39(21-11-7-4-8-12-21)27(44)23(34)16-25(42)43)40-28(45)26(38-32(40)48)22-14-13-20(15-24(22)37-31(35)36)29(46)50-17-19-9-5-3-6-10-19/h3-15,23,26H,16-17,34H2,1-2H3,(H,38,48)(H,42,43)(H4,35,36,37)/t23-,26?,33+/m0/s1. The number of anilines is 1. The van der Waals surface area contributed by atoms with Gasteiger partial charge in [-0.15, -0.1) is 0 Å². The summed E-state index contributed by atoms with van der Waals surface area (Å²) in [7, 11) is 0.854. The van der Waals surface area contributed by atoms with E-state index in [9.17, 15) is 38.7 Å². The Kier molecular flexibility index (Phi) is 10.9. The molecule has 3 aromatic rings. The van der Waals surface area contributed by atoms with Gasteiger partial charge in [0.25, 0.3) is 11.6 Å². The quantitative estimate of drug-likeness (QED) is 0.0549. The number of methoxy groups -OCH3 is 1. The predicted octanol–water partition coefficient (Wildman–Crippen LogP) is 0.835. The maximum absolute atomic E-state index is 14.3. The molecule has 3 aromatic carbocycles. The van der Waals surface area contributed by atoms with E-state index >= 15 is 0 Å². The fraction of sp³-hybridized carbons (Fsp3) is 0.212. The molecule has 8 N–H and O–H groups in total. The SMILES string of the molecule is COC(=O)[C@@](C(C)=O)(N1C(=O)NC(c2ccc(C(=O)OCc3ccccc3)cc2N=C(N)N)C1=O)N(C(=O)[C@@H](N)CC(=O)O)c1ccccc1. The van der Waals surface area contributed by atoms with Gasteiger partial charge in [0.05, 0.1) is 30.8 Å². The van der Waals surface area contributed by atoms with Gasteiger partial charge in [-0.1, -0.05) is 54.6 Å². The highest BCUT2D eigenvalue weighted by atomic mass is 16.5. The van der Waals surface area contributed by atoms with E-state index in [-0.39, 0.29) is 34.0 Å². The molecule has 17 heteroatoms. The number of guanidine groups is 1. The first-order chi connectivity index (χ1) is 23.7. The zero-order chi connectivity index (χ0) is 36.7. The summed E-state index contributed by atoms with van der Waals surface area (Å²) in [5, 5.41) is 11.7. The normalized spacial score (nSPS) is 15.6. The Balaban J connectivity index is 1.84. The average Bonchev–Trinajstić information content (AvgIpc) is 3.38. The lowest BCUT2D eigenvalue weighted by atomic mass is 9.96. The molecule has 0 saturated carbocycles. The smallest absolute Gasteiger partial charge is 0.362 e. The molecule has 1 saturated heterocycles. The third-order valence-corrected chi connectivity index (χ3v) is 7.53. The van der Waals surface area contributed by atoms with Gasteiger partial charge in [0.2, 0.25) is 5.91 Å². The van der Waals surface area contributed by atoms with Gasteiger partial charge in [0.1, 0.15) is 12.6 Å². The average molecular weight is 688 g/mol. The van der Waals surface area contributed by atoms with Crippen molar-refractivity contribution >= 4 is 58.9 Å². The Morgan fingerprint density at radius 2 is 1.62 bits per heavy atom. The number of carboxylic acid groups (broad SMARTS) is 1. The molecule has 3 atom stereocenters. The Bertz CT molecular complexity index is 1860. The van der Waals surface area contributed by atoms with E-state index < -0.39 is 71.7 Å². The van der Waals surface area contributed by atoms with Gasteiger partial charge < -0.3 is 37.1 Å². The lowest BCUT2D eigenvalue weighted by molar-refractivity contribution is -0.163. The van der Waals surface area contributed by atoms with Crippen LogP contribution in [0.3, 0.4) is 0 Å². The minimum Gasteiger partial charge on any atom is -0.481 e. The number of Topliss-reactive ketones (excluding diaryl/α,β-unsaturated/α-hetero) is 1. The van der Waals surface area contributed by atoms with Crippen LogP contribution >= 0.6 is 0 Å². The van der Waals surface area contributed by atoms with Crippen LogP contribution in [0.25, 0.3) is 0 Å². The van der Waals surface area contributed by atoms with Gasteiger partial charge in [0, 0.05) is 11.3 Å². The van der Waals surface area contributed by atoms with Crippen molar-refractivity contribution in [2.45, 2.75) is 37.7 Å². The molecule has 50 heavy (non-hydrogen) atoms. The number of nitrogens with zero attached hydrogens (tertiary/aromatic N) is 3. The summed E-state index contributed by atoms with van der Waals surface area (Å²) in [6.45, 7) is 0.774.